The fourth-order valence-corrected chi connectivity index (χ4v) is 3.59. The van der Waals surface area contributed by atoms with Crippen LogP contribution in [0, 0.1) is 0 Å². The molecule has 1 aromatic heterocycles. The quantitative estimate of drug-likeness (QED) is 0.421. The third-order valence-corrected chi connectivity index (χ3v) is 5.10. The largest absolute Gasteiger partial charge is 0.385 e. The summed E-state index contributed by atoms with van der Waals surface area (Å²) < 4.78 is 1.60. The Hall–Kier alpha value is -3.59. The number of nitrogens with two attached hydrogens (primary N) is 2. The fraction of sp³-hybridized carbons (Fsp3) is 0.100. The lowest BCUT2D eigenvalue weighted by molar-refractivity contribution is -0.115. The van der Waals surface area contributed by atoms with Crippen molar-refractivity contribution in [3.05, 3.63) is 76.6 Å². The number of rotatable bonds is 6. The van der Waals surface area contributed by atoms with Crippen LogP contribution in [0.4, 0.5) is 11.5 Å². The highest BCUT2D eigenvalue weighted by molar-refractivity contribution is 8.00. The number of thioether (sulfide) groups is 1. The Labute approximate surface area is 170 Å². The molecule has 0 aliphatic carbocycles. The summed E-state index contributed by atoms with van der Waals surface area (Å²) in [5.41, 5.74) is 12.1. The third kappa shape index (κ3) is 4.64. The molecule has 3 aromatic rings. The zero-order valence-electron chi connectivity index (χ0n) is 15.5. The molecule has 0 aliphatic rings. The first-order valence-corrected chi connectivity index (χ1v) is 9.56. The van der Waals surface area contributed by atoms with Crippen LogP contribution in [0.1, 0.15) is 17.3 Å². The summed E-state index contributed by atoms with van der Waals surface area (Å²) in [5.74, 6) is -0.804. The molecule has 148 valence electrons. The molecule has 1 atom stereocenters. The third-order valence-electron chi connectivity index (χ3n) is 4.04. The molecule has 1 unspecified atom stereocenters. The molecule has 29 heavy (non-hydrogen) atoms. The number of para-hydroxylation sites is 2. The normalized spacial score (nSPS) is 11.6. The smallest absolute Gasteiger partial charge is 0.275 e. The Kier molecular flexibility index (Phi) is 5.99. The Morgan fingerprint density at radius 1 is 1.10 bits per heavy atom. The zero-order chi connectivity index (χ0) is 21.0. The van der Waals surface area contributed by atoms with Crippen molar-refractivity contribution in [3.63, 3.8) is 0 Å². The minimum absolute atomic E-state index is 0.210. The Balaban J connectivity index is 1.88. The van der Waals surface area contributed by atoms with Crippen molar-refractivity contribution in [3.8, 4) is 5.69 Å². The highest BCUT2D eigenvalue weighted by Gasteiger charge is 2.20. The maximum Gasteiger partial charge on any atom is 0.275 e. The summed E-state index contributed by atoms with van der Waals surface area (Å²) in [7, 11) is 0. The van der Waals surface area contributed by atoms with Crippen LogP contribution in [0.2, 0.25) is 0 Å². The lowest BCUT2D eigenvalue weighted by Crippen LogP contribution is -2.26. The van der Waals surface area contributed by atoms with Gasteiger partial charge in [0.05, 0.1) is 16.5 Å². The summed E-state index contributed by atoms with van der Waals surface area (Å²) in [5, 5.41) is 2.34. The number of hydrogen-bond acceptors (Lipinski definition) is 6. The predicted molar refractivity (Wildman–Crippen MR) is 113 cm³/mol. The van der Waals surface area contributed by atoms with E-state index in [1.807, 2.05) is 30.3 Å². The van der Waals surface area contributed by atoms with E-state index in [-0.39, 0.29) is 22.4 Å². The minimum atomic E-state index is -0.642. The Morgan fingerprint density at radius 2 is 1.76 bits per heavy atom. The number of anilines is 2. The summed E-state index contributed by atoms with van der Waals surface area (Å²) >= 11 is 1.08. The van der Waals surface area contributed by atoms with Gasteiger partial charge in [0.25, 0.3) is 11.5 Å². The predicted octanol–water partition coefficient (Wildman–Crippen LogP) is 2.03. The van der Waals surface area contributed by atoms with Crippen molar-refractivity contribution in [2.45, 2.75) is 17.3 Å². The van der Waals surface area contributed by atoms with Gasteiger partial charge in [0.15, 0.2) is 5.16 Å². The van der Waals surface area contributed by atoms with Crippen LogP contribution in [-0.4, -0.2) is 26.6 Å². The van der Waals surface area contributed by atoms with E-state index in [0.717, 1.165) is 11.8 Å². The first-order valence-electron chi connectivity index (χ1n) is 8.68. The summed E-state index contributed by atoms with van der Waals surface area (Å²) in [6.07, 6.45) is 0. The number of nitrogens with zero attached hydrogens (tertiary/aromatic N) is 2. The summed E-state index contributed by atoms with van der Waals surface area (Å²) in [6, 6.07) is 16.8. The number of nitrogens with one attached hydrogen (secondary N) is 1. The maximum atomic E-state index is 12.7. The van der Waals surface area contributed by atoms with Gasteiger partial charge in [-0.1, -0.05) is 42.1 Å². The highest BCUT2D eigenvalue weighted by atomic mass is 32.2. The van der Waals surface area contributed by atoms with Crippen molar-refractivity contribution in [1.29, 1.82) is 0 Å². The van der Waals surface area contributed by atoms with Crippen LogP contribution in [0.15, 0.2) is 70.6 Å². The van der Waals surface area contributed by atoms with Crippen LogP contribution >= 0.6 is 11.8 Å². The highest BCUT2D eigenvalue weighted by Crippen LogP contribution is 2.27. The fourth-order valence-electron chi connectivity index (χ4n) is 2.65. The molecule has 0 bridgehead atoms. The van der Waals surface area contributed by atoms with Crippen molar-refractivity contribution >= 4 is 35.1 Å². The van der Waals surface area contributed by atoms with Crippen LogP contribution in [0.3, 0.4) is 0 Å². The molecule has 0 spiro atoms. The Bertz CT molecular complexity index is 1110. The second-order valence-electron chi connectivity index (χ2n) is 6.13. The standard InChI is InChI=1S/C20H19N5O3S/c1-12(19(28)23-15-10-6-5-9-14(15)18(22)27)29-20-24-17(26)11-16(21)25(20)13-7-3-2-4-8-13/h2-12H,21H2,1H3,(H2,22,27)(H,23,28). The molecule has 2 amide bonds. The topological polar surface area (TPSA) is 133 Å². The molecule has 1 heterocycles. The lowest BCUT2D eigenvalue weighted by atomic mass is 10.1. The van der Waals surface area contributed by atoms with Gasteiger partial charge in [-0.2, -0.15) is 4.98 Å². The van der Waals surface area contributed by atoms with Crippen molar-refractivity contribution in [2.75, 3.05) is 11.1 Å². The van der Waals surface area contributed by atoms with Gasteiger partial charge in [-0.05, 0) is 31.2 Å². The van der Waals surface area contributed by atoms with Crippen LogP contribution in [-0.2, 0) is 4.79 Å². The molecule has 0 aliphatic heterocycles. The Morgan fingerprint density at radius 3 is 2.45 bits per heavy atom. The van der Waals surface area contributed by atoms with Gasteiger partial charge in [-0.3, -0.25) is 19.0 Å². The second-order valence-corrected chi connectivity index (χ2v) is 7.44. The van der Waals surface area contributed by atoms with Gasteiger partial charge in [0.2, 0.25) is 5.91 Å². The molecule has 3 rings (SSSR count). The number of carbonyl (C=O) groups excluding carboxylic acids is 2. The second kappa shape index (κ2) is 8.61. The van der Waals surface area contributed by atoms with Gasteiger partial charge in [0.1, 0.15) is 5.82 Å². The van der Waals surface area contributed by atoms with Gasteiger partial charge in [-0.15, -0.1) is 0 Å². The molecule has 0 radical (unpaired) electrons. The van der Waals surface area contributed by atoms with Crippen molar-refractivity contribution < 1.29 is 9.59 Å². The molecule has 0 fully saturated rings. The monoisotopic (exact) mass is 409 g/mol. The first kappa shape index (κ1) is 20.2. The number of aromatic nitrogens is 2. The van der Waals surface area contributed by atoms with E-state index < -0.39 is 16.7 Å². The summed E-state index contributed by atoms with van der Waals surface area (Å²) in [4.78, 5) is 40.1. The van der Waals surface area contributed by atoms with E-state index >= 15 is 0 Å². The maximum absolute atomic E-state index is 12.7. The number of carbonyl (C=O) groups is 2. The molecular weight excluding hydrogens is 390 g/mol. The average Bonchev–Trinajstić information content (AvgIpc) is 2.68. The molecule has 0 saturated carbocycles. The van der Waals surface area contributed by atoms with E-state index in [1.165, 1.54) is 12.1 Å². The van der Waals surface area contributed by atoms with Crippen molar-refractivity contribution in [1.82, 2.24) is 9.55 Å². The number of benzene rings is 2. The number of amides is 2. The van der Waals surface area contributed by atoms with E-state index in [2.05, 4.69) is 10.3 Å². The van der Waals surface area contributed by atoms with E-state index in [1.54, 1.807) is 29.7 Å². The zero-order valence-corrected chi connectivity index (χ0v) is 16.3. The van der Waals surface area contributed by atoms with Gasteiger partial charge >= 0.3 is 0 Å². The molecule has 9 heteroatoms. The molecule has 0 saturated heterocycles. The summed E-state index contributed by atoms with van der Waals surface area (Å²) in [6.45, 7) is 1.66. The van der Waals surface area contributed by atoms with Crippen LogP contribution in [0.5, 0.6) is 0 Å². The lowest BCUT2D eigenvalue weighted by Gasteiger charge is -2.18. The van der Waals surface area contributed by atoms with E-state index in [4.69, 9.17) is 11.5 Å². The van der Waals surface area contributed by atoms with Crippen molar-refractivity contribution in [2.24, 2.45) is 5.73 Å². The average molecular weight is 409 g/mol. The molecule has 2 aromatic carbocycles. The van der Waals surface area contributed by atoms with E-state index in [9.17, 15) is 14.4 Å². The first-order chi connectivity index (χ1) is 13.9. The number of nitrogen functional groups attached to an aromatic ring is 1. The van der Waals surface area contributed by atoms with E-state index in [0.29, 0.717) is 11.4 Å². The minimum Gasteiger partial charge on any atom is -0.385 e. The SMILES string of the molecule is CC(Sc1nc(=O)cc(N)n1-c1ccccc1)C(=O)Nc1ccccc1C(N)=O. The van der Waals surface area contributed by atoms with Crippen LogP contribution in [0.25, 0.3) is 5.69 Å². The van der Waals surface area contributed by atoms with Gasteiger partial charge in [-0.25, -0.2) is 0 Å². The molecule has 8 nitrogen and oxygen atoms in total. The molecule has 5 N–H and O–H groups in total. The van der Waals surface area contributed by atoms with Gasteiger partial charge in [0, 0.05) is 11.8 Å². The van der Waals surface area contributed by atoms with Crippen LogP contribution < -0.4 is 22.3 Å². The number of primary amides is 1. The molecular formula is C20H19N5O3S. The number of hydrogen-bond donors (Lipinski definition) is 3. The van der Waals surface area contributed by atoms with Gasteiger partial charge < -0.3 is 16.8 Å².